The Balaban J connectivity index is 2.21. The van der Waals surface area contributed by atoms with Crippen molar-refractivity contribution in [3.63, 3.8) is 0 Å². The van der Waals surface area contributed by atoms with E-state index in [1.165, 1.54) is 24.3 Å². The van der Waals surface area contributed by atoms with Crippen molar-refractivity contribution in [3.05, 3.63) is 59.9 Å². The minimum absolute atomic E-state index is 0.0376. The summed E-state index contributed by atoms with van der Waals surface area (Å²) in [5.41, 5.74) is 1.14. The molecule has 1 N–H and O–H groups in total. The highest BCUT2D eigenvalue weighted by atomic mass is 32.2. The minimum atomic E-state index is -3.64. The van der Waals surface area contributed by atoms with Crippen LogP contribution in [-0.4, -0.2) is 57.6 Å². The van der Waals surface area contributed by atoms with Gasteiger partial charge < -0.3 is 15.0 Å². The van der Waals surface area contributed by atoms with E-state index in [1.807, 2.05) is 32.0 Å². The number of halogens is 1. The molecule has 0 radical (unpaired) electrons. The van der Waals surface area contributed by atoms with Crippen molar-refractivity contribution in [2.75, 3.05) is 30.8 Å². The van der Waals surface area contributed by atoms with Crippen LogP contribution < -0.4 is 14.4 Å². The zero-order valence-corrected chi connectivity index (χ0v) is 22.9. The summed E-state index contributed by atoms with van der Waals surface area (Å²) in [6.45, 7) is 4.68. The molecular weight excluding hydrogens is 497 g/mol. The fraction of sp³-hybridized carbons (Fsp3) is 0.481. The largest absolute Gasteiger partial charge is 0.497 e. The molecule has 0 heterocycles. The Labute approximate surface area is 219 Å². The number of rotatable bonds is 15. The third-order valence-corrected chi connectivity index (χ3v) is 7.16. The number of anilines is 1. The lowest BCUT2D eigenvalue weighted by molar-refractivity contribution is -0.141. The first kappa shape index (κ1) is 30.1. The van der Waals surface area contributed by atoms with Gasteiger partial charge in [-0.2, -0.15) is 0 Å². The van der Waals surface area contributed by atoms with E-state index in [4.69, 9.17) is 4.74 Å². The van der Waals surface area contributed by atoms with Crippen LogP contribution in [0.4, 0.5) is 10.1 Å². The second-order valence-corrected chi connectivity index (χ2v) is 10.8. The van der Waals surface area contributed by atoms with E-state index in [9.17, 15) is 22.4 Å². The van der Waals surface area contributed by atoms with Crippen molar-refractivity contribution < 1.29 is 27.1 Å². The monoisotopic (exact) mass is 535 g/mol. The number of hydrogen-bond donors (Lipinski definition) is 1. The minimum Gasteiger partial charge on any atom is -0.497 e. The van der Waals surface area contributed by atoms with Crippen molar-refractivity contribution in [1.82, 2.24) is 10.2 Å². The maximum atomic E-state index is 13.4. The number of methoxy groups -OCH3 is 1. The maximum Gasteiger partial charge on any atom is 0.242 e. The van der Waals surface area contributed by atoms with Crippen molar-refractivity contribution in [3.8, 4) is 5.75 Å². The van der Waals surface area contributed by atoms with Gasteiger partial charge in [-0.05, 0) is 61.2 Å². The zero-order chi connectivity index (χ0) is 27.4. The molecule has 0 bridgehead atoms. The molecule has 1 unspecified atom stereocenters. The molecule has 0 fully saturated rings. The number of ether oxygens (including phenoxy) is 1. The molecule has 10 heteroatoms. The Morgan fingerprint density at radius 2 is 1.78 bits per heavy atom. The van der Waals surface area contributed by atoms with Gasteiger partial charge in [-0.3, -0.25) is 13.9 Å². The van der Waals surface area contributed by atoms with Gasteiger partial charge in [0.05, 0.1) is 19.1 Å². The van der Waals surface area contributed by atoms with Crippen LogP contribution in [0.15, 0.2) is 48.5 Å². The summed E-state index contributed by atoms with van der Waals surface area (Å²) in [6.07, 6.45) is 3.55. The van der Waals surface area contributed by atoms with E-state index < -0.39 is 21.9 Å². The van der Waals surface area contributed by atoms with Crippen LogP contribution in [-0.2, 0) is 26.2 Å². The number of hydrogen-bond acceptors (Lipinski definition) is 5. The van der Waals surface area contributed by atoms with Gasteiger partial charge in [0.1, 0.15) is 17.6 Å². The Morgan fingerprint density at radius 1 is 1.08 bits per heavy atom. The molecule has 0 saturated heterocycles. The zero-order valence-electron chi connectivity index (χ0n) is 22.1. The number of sulfonamides is 1. The van der Waals surface area contributed by atoms with E-state index in [-0.39, 0.29) is 37.7 Å². The summed E-state index contributed by atoms with van der Waals surface area (Å²) in [4.78, 5) is 28.0. The third-order valence-electron chi connectivity index (χ3n) is 5.97. The predicted molar refractivity (Wildman–Crippen MR) is 143 cm³/mol. The van der Waals surface area contributed by atoms with Gasteiger partial charge in [0.15, 0.2) is 0 Å². The molecule has 0 aliphatic rings. The number of carbonyl (C=O) groups excluding carboxylic acids is 2. The van der Waals surface area contributed by atoms with Gasteiger partial charge in [-0.25, -0.2) is 12.8 Å². The van der Waals surface area contributed by atoms with Gasteiger partial charge in [0, 0.05) is 26.1 Å². The molecule has 0 saturated carbocycles. The molecule has 2 aromatic carbocycles. The fourth-order valence-electron chi connectivity index (χ4n) is 4.00. The van der Waals surface area contributed by atoms with Gasteiger partial charge >= 0.3 is 0 Å². The average molecular weight is 536 g/mol. The van der Waals surface area contributed by atoms with Crippen LogP contribution in [0, 0.1) is 5.82 Å². The molecule has 0 aliphatic heterocycles. The summed E-state index contributed by atoms with van der Waals surface area (Å²) in [5, 5.41) is 2.92. The number of nitrogens with zero attached hydrogens (tertiary/aromatic N) is 2. The highest BCUT2D eigenvalue weighted by molar-refractivity contribution is 7.92. The lowest BCUT2D eigenvalue weighted by atomic mass is 10.1. The van der Waals surface area contributed by atoms with E-state index in [1.54, 1.807) is 18.1 Å². The van der Waals surface area contributed by atoms with Crippen molar-refractivity contribution in [1.29, 1.82) is 0 Å². The topological polar surface area (TPSA) is 96.0 Å². The van der Waals surface area contributed by atoms with Gasteiger partial charge in [0.2, 0.25) is 21.8 Å². The first-order valence-corrected chi connectivity index (χ1v) is 14.4. The molecule has 8 nitrogen and oxygen atoms in total. The highest BCUT2D eigenvalue weighted by Crippen LogP contribution is 2.21. The normalized spacial score (nSPS) is 12.0. The first-order chi connectivity index (χ1) is 17.6. The summed E-state index contributed by atoms with van der Waals surface area (Å²) in [6, 6.07) is 11.8. The summed E-state index contributed by atoms with van der Waals surface area (Å²) in [7, 11) is -2.08. The Bertz CT molecular complexity index is 1130. The standard InChI is InChI=1S/C27H38FN3O5S/c1-5-7-17-29-27(33)25(6-2)30(20-21-10-8-11-24(19-21)36-3)26(32)12-9-18-31(37(4,34)35)23-15-13-22(28)14-16-23/h8,10-11,13-16,19,25H,5-7,9,12,17-18,20H2,1-4H3,(H,29,33). The van der Waals surface area contributed by atoms with Gasteiger partial charge in [-0.1, -0.05) is 32.4 Å². The van der Waals surface area contributed by atoms with Crippen LogP contribution in [0.5, 0.6) is 5.75 Å². The van der Waals surface area contributed by atoms with Gasteiger partial charge in [0.25, 0.3) is 0 Å². The molecule has 0 aliphatic carbocycles. The molecule has 204 valence electrons. The summed E-state index contributed by atoms with van der Waals surface area (Å²) in [5.74, 6) is -0.291. The van der Waals surface area contributed by atoms with E-state index in [0.29, 0.717) is 24.4 Å². The summed E-state index contributed by atoms with van der Waals surface area (Å²) < 4.78 is 44.5. The van der Waals surface area contributed by atoms with Crippen LogP contribution >= 0.6 is 0 Å². The van der Waals surface area contributed by atoms with Crippen molar-refractivity contribution >= 4 is 27.5 Å². The Hall–Kier alpha value is -3.14. The fourth-order valence-corrected chi connectivity index (χ4v) is 4.97. The van der Waals surface area contributed by atoms with Crippen LogP contribution in [0.3, 0.4) is 0 Å². The SMILES string of the molecule is CCCCNC(=O)C(CC)N(Cc1cccc(OC)c1)C(=O)CCCN(c1ccc(F)cc1)S(C)(=O)=O. The number of nitrogens with one attached hydrogen (secondary N) is 1. The van der Waals surface area contributed by atoms with Crippen LogP contribution in [0.2, 0.25) is 0 Å². The van der Waals surface area contributed by atoms with E-state index in [2.05, 4.69) is 5.32 Å². The lowest BCUT2D eigenvalue weighted by Gasteiger charge is -2.31. The van der Waals surface area contributed by atoms with E-state index in [0.717, 1.165) is 29.0 Å². The lowest BCUT2D eigenvalue weighted by Crippen LogP contribution is -2.49. The van der Waals surface area contributed by atoms with Crippen molar-refractivity contribution in [2.24, 2.45) is 0 Å². The number of benzene rings is 2. The van der Waals surface area contributed by atoms with Crippen LogP contribution in [0.25, 0.3) is 0 Å². The second kappa shape index (κ2) is 14.6. The third kappa shape index (κ3) is 9.35. The van der Waals surface area contributed by atoms with Gasteiger partial charge in [-0.15, -0.1) is 0 Å². The average Bonchev–Trinajstić information content (AvgIpc) is 2.86. The number of amides is 2. The second-order valence-electron chi connectivity index (χ2n) is 8.86. The van der Waals surface area contributed by atoms with E-state index >= 15 is 0 Å². The molecule has 0 spiro atoms. The number of unbranched alkanes of at least 4 members (excludes halogenated alkanes) is 1. The Kier molecular flexibility index (Phi) is 11.8. The molecule has 37 heavy (non-hydrogen) atoms. The van der Waals surface area contributed by atoms with Crippen molar-refractivity contribution in [2.45, 2.75) is 58.5 Å². The molecule has 2 aromatic rings. The number of carbonyl (C=O) groups is 2. The summed E-state index contributed by atoms with van der Waals surface area (Å²) >= 11 is 0. The highest BCUT2D eigenvalue weighted by Gasteiger charge is 2.28. The maximum absolute atomic E-state index is 13.4. The molecule has 0 aromatic heterocycles. The molecular formula is C27H38FN3O5S. The first-order valence-electron chi connectivity index (χ1n) is 12.5. The predicted octanol–water partition coefficient (Wildman–Crippen LogP) is 4.10. The molecule has 1 atom stereocenters. The molecule has 2 amide bonds. The Morgan fingerprint density at radius 3 is 2.38 bits per heavy atom. The molecule has 2 rings (SSSR count). The smallest absolute Gasteiger partial charge is 0.242 e. The quantitative estimate of drug-likeness (QED) is 0.347. The van der Waals surface area contributed by atoms with Crippen LogP contribution in [0.1, 0.15) is 51.5 Å².